The third-order valence-electron chi connectivity index (χ3n) is 1.64. The summed E-state index contributed by atoms with van der Waals surface area (Å²) in [6.07, 6.45) is 0.614. The Morgan fingerprint density at radius 2 is 2.08 bits per heavy atom. The number of halogens is 2. The van der Waals surface area contributed by atoms with Gasteiger partial charge in [-0.2, -0.15) is 0 Å². The van der Waals surface area contributed by atoms with Crippen LogP contribution < -0.4 is 0 Å². The molecule has 1 aromatic carbocycles. The van der Waals surface area contributed by atoms with Crippen molar-refractivity contribution < 1.29 is 5.11 Å². The van der Waals surface area contributed by atoms with Crippen LogP contribution in [0.5, 0.6) is 5.75 Å². The molecule has 0 saturated carbocycles. The van der Waals surface area contributed by atoms with E-state index in [1.807, 2.05) is 6.92 Å². The van der Waals surface area contributed by atoms with Gasteiger partial charge in [0.1, 0.15) is 10.8 Å². The summed E-state index contributed by atoms with van der Waals surface area (Å²) >= 11 is 11.5. The molecule has 1 aromatic rings. The van der Waals surface area contributed by atoms with E-state index in [1.54, 1.807) is 12.1 Å². The van der Waals surface area contributed by atoms with Gasteiger partial charge in [0, 0.05) is 0 Å². The SMILES string of the molecule is C=C(C)Cc1ccc(Cl)c(Cl)c1O. The van der Waals surface area contributed by atoms with Crippen LogP contribution in [0, 0.1) is 0 Å². The Kier molecular flexibility index (Phi) is 3.23. The number of benzene rings is 1. The number of phenolic OH excluding ortho intramolecular Hbond substituents is 1. The first-order valence-electron chi connectivity index (χ1n) is 3.82. The molecule has 13 heavy (non-hydrogen) atoms. The molecule has 3 heteroatoms. The summed E-state index contributed by atoms with van der Waals surface area (Å²) in [7, 11) is 0. The van der Waals surface area contributed by atoms with Gasteiger partial charge < -0.3 is 5.11 Å². The number of phenols is 1. The molecule has 70 valence electrons. The number of rotatable bonds is 2. The first-order chi connectivity index (χ1) is 6.02. The van der Waals surface area contributed by atoms with E-state index in [0.29, 0.717) is 11.4 Å². The molecule has 0 fully saturated rings. The smallest absolute Gasteiger partial charge is 0.139 e. The lowest BCUT2D eigenvalue weighted by Crippen LogP contribution is -1.87. The highest BCUT2D eigenvalue weighted by molar-refractivity contribution is 6.43. The highest BCUT2D eigenvalue weighted by atomic mass is 35.5. The van der Waals surface area contributed by atoms with Crippen LogP contribution in [0.25, 0.3) is 0 Å². The fraction of sp³-hybridized carbons (Fsp3) is 0.200. The van der Waals surface area contributed by atoms with E-state index in [4.69, 9.17) is 23.2 Å². The molecule has 0 radical (unpaired) electrons. The van der Waals surface area contributed by atoms with Gasteiger partial charge in [0.05, 0.1) is 5.02 Å². The molecule has 0 amide bonds. The Labute approximate surface area is 87.6 Å². The Morgan fingerprint density at radius 1 is 1.46 bits per heavy atom. The predicted octanol–water partition coefficient (Wildman–Crippen LogP) is 3.82. The zero-order valence-corrected chi connectivity index (χ0v) is 8.78. The molecule has 0 saturated heterocycles. The minimum Gasteiger partial charge on any atom is -0.506 e. The van der Waals surface area contributed by atoms with Crippen molar-refractivity contribution in [1.29, 1.82) is 0 Å². The topological polar surface area (TPSA) is 20.2 Å². The van der Waals surface area contributed by atoms with Crippen molar-refractivity contribution in [3.05, 3.63) is 39.9 Å². The van der Waals surface area contributed by atoms with Crippen LogP contribution in [0.4, 0.5) is 0 Å². The van der Waals surface area contributed by atoms with Gasteiger partial charge in [0.2, 0.25) is 0 Å². The van der Waals surface area contributed by atoms with Crippen LogP contribution >= 0.6 is 23.2 Å². The summed E-state index contributed by atoms with van der Waals surface area (Å²) in [6, 6.07) is 3.42. The van der Waals surface area contributed by atoms with E-state index in [9.17, 15) is 5.11 Å². The van der Waals surface area contributed by atoms with E-state index in [2.05, 4.69) is 6.58 Å². The van der Waals surface area contributed by atoms with E-state index in [-0.39, 0.29) is 10.8 Å². The van der Waals surface area contributed by atoms with Gasteiger partial charge >= 0.3 is 0 Å². The molecular formula is C10H10Cl2O. The highest BCUT2D eigenvalue weighted by Gasteiger charge is 2.08. The fourth-order valence-corrected chi connectivity index (χ4v) is 1.38. The monoisotopic (exact) mass is 216 g/mol. The van der Waals surface area contributed by atoms with Gasteiger partial charge in [-0.1, -0.05) is 41.4 Å². The van der Waals surface area contributed by atoms with Crippen LogP contribution in [-0.2, 0) is 6.42 Å². The first kappa shape index (κ1) is 10.4. The number of allylic oxidation sites excluding steroid dienone is 1. The first-order valence-corrected chi connectivity index (χ1v) is 4.58. The molecule has 1 rings (SSSR count). The summed E-state index contributed by atoms with van der Waals surface area (Å²) in [5.41, 5.74) is 1.72. The molecule has 0 aliphatic heterocycles. The van der Waals surface area contributed by atoms with Crippen molar-refractivity contribution in [2.24, 2.45) is 0 Å². The molecule has 0 aliphatic rings. The van der Waals surface area contributed by atoms with Crippen molar-refractivity contribution in [3.8, 4) is 5.75 Å². The van der Waals surface area contributed by atoms with Crippen molar-refractivity contribution in [1.82, 2.24) is 0 Å². The highest BCUT2D eigenvalue weighted by Crippen LogP contribution is 2.34. The fourth-order valence-electron chi connectivity index (χ4n) is 1.05. The molecule has 0 atom stereocenters. The molecule has 0 spiro atoms. The minimum absolute atomic E-state index is 0.0529. The maximum absolute atomic E-state index is 9.57. The van der Waals surface area contributed by atoms with Crippen LogP contribution in [0.2, 0.25) is 10.0 Å². The van der Waals surface area contributed by atoms with E-state index in [0.717, 1.165) is 11.1 Å². The molecule has 0 aromatic heterocycles. The lowest BCUT2D eigenvalue weighted by Gasteiger charge is -2.06. The van der Waals surface area contributed by atoms with Crippen molar-refractivity contribution >= 4 is 23.2 Å². The van der Waals surface area contributed by atoms with Gasteiger partial charge in [-0.3, -0.25) is 0 Å². The lowest BCUT2D eigenvalue weighted by atomic mass is 10.1. The summed E-state index contributed by atoms with van der Waals surface area (Å²) in [5.74, 6) is 0.0529. The number of hydrogen-bond donors (Lipinski definition) is 1. The van der Waals surface area contributed by atoms with E-state index < -0.39 is 0 Å². The van der Waals surface area contributed by atoms with Crippen molar-refractivity contribution in [2.45, 2.75) is 13.3 Å². The second kappa shape index (κ2) is 4.03. The Bertz CT molecular complexity index is 345. The van der Waals surface area contributed by atoms with Crippen molar-refractivity contribution in [3.63, 3.8) is 0 Å². The molecule has 0 bridgehead atoms. The van der Waals surface area contributed by atoms with E-state index >= 15 is 0 Å². The quantitative estimate of drug-likeness (QED) is 0.746. The summed E-state index contributed by atoms with van der Waals surface area (Å²) in [5, 5.41) is 10.1. The Hall–Kier alpha value is -0.660. The summed E-state index contributed by atoms with van der Waals surface area (Å²) < 4.78 is 0. The number of aromatic hydroxyl groups is 1. The molecule has 0 aliphatic carbocycles. The van der Waals surface area contributed by atoms with Gasteiger partial charge in [-0.05, 0) is 25.0 Å². The summed E-state index contributed by atoms with van der Waals surface area (Å²) in [6.45, 7) is 5.65. The van der Waals surface area contributed by atoms with Gasteiger partial charge in [-0.15, -0.1) is 0 Å². The summed E-state index contributed by atoms with van der Waals surface area (Å²) in [4.78, 5) is 0. The Balaban J connectivity index is 3.10. The van der Waals surface area contributed by atoms with E-state index in [1.165, 1.54) is 0 Å². The molecule has 1 nitrogen and oxygen atoms in total. The largest absolute Gasteiger partial charge is 0.506 e. The molecule has 0 heterocycles. The molecule has 1 N–H and O–H groups in total. The third kappa shape index (κ3) is 2.39. The van der Waals surface area contributed by atoms with Gasteiger partial charge in [0.15, 0.2) is 0 Å². The van der Waals surface area contributed by atoms with Gasteiger partial charge in [-0.25, -0.2) is 0 Å². The van der Waals surface area contributed by atoms with Crippen LogP contribution in [-0.4, -0.2) is 5.11 Å². The minimum atomic E-state index is 0.0529. The molecule has 0 unspecified atom stereocenters. The zero-order valence-electron chi connectivity index (χ0n) is 7.27. The standard InChI is InChI=1S/C10H10Cl2O/c1-6(2)5-7-3-4-8(11)9(12)10(7)13/h3-4,13H,1,5H2,2H3. The molecular weight excluding hydrogens is 207 g/mol. The normalized spacial score (nSPS) is 10.1. The maximum Gasteiger partial charge on any atom is 0.139 e. The van der Waals surface area contributed by atoms with Crippen LogP contribution in [0.1, 0.15) is 12.5 Å². The lowest BCUT2D eigenvalue weighted by molar-refractivity contribution is 0.469. The van der Waals surface area contributed by atoms with Crippen molar-refractivity contribution in [2.75, 3.05) is 0 Å². The number of hydrogen-bond acceptors (Lipinski definition) is 1. The zero-order chi connectivity index (χ0) is 10.0. The Morgan fingerprint density at radius 3 is 2.62 bits per heavy atom. The second-order valence-corrected chi connectivity index (χ2v) is 3.79. The maximum atomic E-state index is 9.57. The average Bonchev–Trinajstić information content (AvgIpc) is 2.06. The van der Waals surface area contributed by atoms with Crippen LogP contribution in [0.15, 0.2) is 24.3 Å². The average molecular weight is 217 g/mol. The van der Waals surface area contributed by atoms with Crippen LogP contribution in [0.3, 0.4) is 0 Å². The predicted molar refractivity (Wildman–Crippen MR) is 56.6 cm³/mol. The third-order valence-corrected chi connectivity index (χ3v) is 2.44. The second-order valence-electron chi connectivity index (χ2n) is 3.00. The van der Waals surface area contributed by atoms with Gasteiger partial charge in [0.25, 0.3) is 0 Å².